The van der Waals surface area contributed by atoms with E-state index in [4.69, 9.17) is 11.6 Å². The van der Waals surface area contributed by atoms with Gasteiger partial charge in [0.2, 0.25) is 5.91 Å². The maximum atomic E-state index is 13.2. The Hall–Kier alpha value is -2.63. The van der Waals surface area contributed by atoms with E-state index < -0.39 is 0 Å². The number of hydrogen-bond acceptors (Lipinski definition) is 3. The summed E-state index contributed by atoms with van der Waals surface area (Å²) in [5.74, 6) is -0.0448. The number of anilines is 2. The van der Waals surface area contributed by atoms with Crippen molar-refractivity contribution in [2.75, 3.05) is 9.80 Å². The molecule has 0 spiro atoms. The predicted octanol–water partition coefficient (Wildman–Crippen LogP) is 5.93. The first-order chi connectivity index (χ1) is 14.0. The van der Waals surface area contributed by atoms with Crippen molar-refractivity contribution in [3.63, 3.8) is 0 Å². The molecule has 0 N–H and O–H groups in total. The van der Waals surface area contributed by atoms with E-state index in [9.17, 15) is 9.59 Å². The second-order valence-corrected chi connectivity index (χ2v) is 8.56. The Bertz CT molecular complexity index is 1030. The lowest BCUT2D eigenvalue weighted by molar-refractivity contribution is -0.117. The quantitative estimate of drug-likeness (QED) is 0.522. The summed E-state index contributed by atoms with van der Waals surface area (Å²) in [6.07, 6.45) is 0.649. The fourth-order valence-electron chi connectivity index (χ4n) is 4.04. The highest BCUT2D eigenvalue weighted by molar-refractivity contribution is 7.12. The number of benzene rings is 2. The van der Waals surface area contributed by atoms with Gasteiger partial charge in [-0.15, -0.1) is 11.3 Å². The second-order valence-electron chi connectivity index (χ2n) is 7.18. The Morgan fingerprint density at radius 3 is 2.45 bits per heavy atom. The number of nitrogens with zero attached hydrogens (tertiary/aromatic N) is 2. The molecule has 3 aromatic rings. The van der Waals surface area contributed by atoms with Crippen molar-refractivity contribution in [1.82, 2.24) is 0 Å². The average molecular weight is 425 g/mol. The summed E-state index contributed by atoms with van der Waals surface area (Å²) in [6, 6.07) is 18.7. The van der Waals surface area contributed by atoms with Crippen LogP contribution >= 0.6 is 22.9 Å². The zero-order chi connectivity index (χ0) is 20.5. The van der Waals surface area contributed by atoms with Gasteiger partial charge in [-0.1, -0.05) is 35.9 Å². The highest BCUT2D eigenvalue weighted by Crippen LogP contribution is 2.43. The Morgan fingerprint density at radius 1 is 1.07 bits per heavy atom. The zero-order valence-corrected chi connectivity index (χ0v) is 17.8. The van der Waals surface area contributed by atoms with Gasteiger partial charge in [0.25, 0.3) is 5.91 Å². The molecular formula is C23H21ClN2O2S. The van der Waals surface area contributed by atoms with E-state index in [-0.39, 0.29) is 23.9 Å². The largest absolute Gasteiger partial charge is 0.305 e. The Morgan fingerprint density at radius 2 is 1.79 bits per heavy atom. The van der Waals surface area contributed by atoms with Gasteiger partial charge in [0.05, 0.1) is 10.9 Å². The SMILES string of the molecule is CC(=O)N(c1ccc(Cl)cc1)C1CC(C)N(C(=O)c2cccs2)c2ccccc21. The Labute approximate surface area is 179 Å². The Kier molecular flexibility index (Phi) is 5.43. The maximum absolute atomic E-state index is 13.2. The maximum Gasteiger partial charge on any atom is 0.268 e. The smallest absolute Gasteiger partial charge is 0.268 e. The van der Waals surface area contributed by atoms with Crippen molar-refractivity contribution < 1.29 is 9.59 Å². The van der Waals surface area contributed by atoms with Gasteiger partial charge >= 0.3 is 0 Å². The minimum Gasteiger partial charge on any atom is -0.305 e. The molecule has 6 heteroatoms. The van der Waals surface area contributed by atoms with Crippen LogP contribution in [-0.2, 0) is 4.79 Å². The van der Waals surface area contributed by atoms with Crippen molar-refractivity contribution in [1.29, 1.82) is 0 Å². The summed E-state index contributed by atoms with van der Waals surface area (Å²) < 4.78 is 0. The van der Waals surface area contributed by atoms with E-state index in [1.165, 1.54) is 11.3 Å². The van der Waals surface area contributed by atoms with E-state index in [1.54, 1.807) is 24.0 Å². The molecular weight excluding hydrogens is 404 g/mol. The van der Waals surface area contributed by atoms with Crippen LogP contribution in [-0.4, -0.2) is 17.9 Å². The molecule has 1 aliphatic heterocycles. The fourth-order valence-corrected chi connectivity index (χ4v) is 4.82. The lowest BCUT2D eigenvalue weighted by Gasteiger charge is -2.43. The summed E-state index contributed by atoms with van der Waals surface area (Å²) in [7, 11) is 0. The van der Waals surface area contributed by atoms with Gasteiger partial charge in [-0.25, -0.2) is 0 Å². The van der Waals surface area contributed by atoms with Crippen LogP contribution in [0, 0.1) is 0 Å². The van der Waals surface area contributed by atoms with E-state index in [0.717, 1.165) is 16.9 Å². The highest BCUT2D eigenvalue weighted by Gasteiger charge is 2.38. The van der Waals surface area contributed by atoms with Crippen LogP contribution in [0.4, 0.5) is 11.4 Å². The average Bonchev–Trinajstić information content (AvgIpc) is 3.24. The molecule has 0 bridgehead atoms. The molecule has 4 rings (SSSR count). The van der Waals surface area contributed by atoms with Gasteiger partial charge in [-0.2, -0.15) is 0 Å². The molecule has 1 aromatic heterocycles. The molecule has 148 valence electrons. The number of carbonyl (C=O) groups excluding carboxylic acids is 2. The number of carbonyl (C=O) groups is 2. The summed E-state index contributed by atoms with van der Waals surface area (Å²) in [5, 5.41) is 2.54. The molecule has 0 saturated carbocycles. The van der Waals surface area contributed by atoms with Crippen LogP contribution in [0.15, 0.2) is 66.0 Å². The van der Waals surface area contributed by atoms with Gasteiger partial charge in [0, 0.05) is 29.4 Å². The topological polar surface area (TPSA) is 40.6 Å². The monoisotopic (exact) mass is 424 g/mol. The zero-order valence-electron chi connectivity index (χ0n) is 16.2. The lowest BCUT2D eigenvalue weighted by atomic mass is 9.89. The Balaban J connectivity index is 1.79. The van der Waals surface area contributed by atoms with Crippen molar-refractivity contribution in [2.24, 2.45) is 0 Å². The van der Waals surface area contributed by atoms with E-state index in [1.807, 2.05) is 65.7 Å². The third-order valence-electron chi connectivity index (χ3n) is 5.27. The number of hydrogen-bond donors (Lipinski definition) is 0. The predicted molar refractivity (Wildman–Crippen MR) is 119 cm³/mol. The minimum atomic E-state index is -0.160. The molecule has 1 aliphatic rings. The van der Waals surface area contributed by atoms with Gasteiger partial charge < -0.3 is 9.80 Å². The molecule has 0 fully saturated rings. The summed E-state index contributed by atoms with van der Waals surface area (Å²) >= 11 is 7.49. The second kappa shape index (κ2) is 8.01. The molecule has 0 saturated heterocycles. The van der Waals surface area contributed by atoms with E-state index in [0.29, 0.717) is 16.3 Å². The van der Waals surface area contributed by atoms with Crippen LogP contribution in [0.3, 0.4) is 0 Å². The summed E-state index contributed by atoms with van der Waals surface area (Å²) in [5.41, 5.74) is 2.63. The van der Waals surface area contributed by atoms with Gasteiger partial charge in [-0.05, 0) is 60.7 Å². The van der Waals surface area contributed by atoms with E-state index in [2.05, 4.69) is 0 Å². The molecule has 0 aliphatic carbocycles. The number of rotatable bonds is 3. The van der Waals surface area contributed by atoms with Crippen LogP contribution in [0.1, 0.15) is 41.5 Å². The number of halogens is 1. The molecule has 2 heterocycles. The van der Waals surface area contributed by atoms with Crippen molar-refractivity contribution >= 4 is 46.1 Å². The standard InChI is InChI=1S/C23H21ClN2O2S/c1-15-14-21(26(16(2)27)18-11-9-17(24)10-12-18)19-6-3-4-7-20(19)25(15)23(28)22-8-5-13-29-22/h3-13,15,21H,14H2,1-2H3. The van der Waals surface area contributed by atoms with Crippen LogP contribution < -0.4 is 9.80 Å². The van der Waals surface area contributed by atoms with Crippen molar-refractivity contribution in [3.8, 4) is 0 Å². The number of para-hydroxylation sites is 1. The summed E-state index contributed by atoms with van der Waals surface area (Å²) in [6.45, 7) is 3.61. The van der Waals surface area contributed by atoms with Crippen LogP contribution in [0.25, 0.3) is 0 Å². The van der Waals surface area contributed by atoms with Crippen LogP contribution in [0.2, 0.25) is 5.02 Å². The minimum absolute atomic E-state index is 0.000678. The molecule has 2 unspecified atom stereocenters. The number of thiophene rings is 1. The lowest BCUT2D eigenvalue weighted by Crippen LogP contribution is -2.47. The first-order valence-electron chi connectivity index (χ1n) is 9.48. The third-order valence-corrected chi connectivity index (χ3v) is 6.38. The highest BCUT2D eigenvalue weighted by atomic mass is 35.5. The first-order valence-corrected chi connectivity index (χ1v) is 10.7. The number of fused-ring (bicyclic) bond motifs is 1. The normalized spacial score (nSPS) is 18.2. The third kappa shape index (κ3) is 3.68. The van der Waals surface area contributed by atoms with E-state index >= 15 is 0 Å². The van der Waals surface area contributed by atoms with Crippen LogP contribution in [0.5, 0.6) is 0 Å². The van der Waals surface area contributed by atoms with Crippen molar-refractivity contribution in [3.05, 3.63) is 81.5 Å². The van der Waals surface area contributed by atoms with Gasteiger partial charge in [0.1, 0.15) is 0 Å². The van der Waals surface area contributed by atoms with Gasteiger partial charge in [0.15, 0.2) is 0 Å². The molecule has 0 radical (unpaired) electrons. The molecule has 4 nitrogen and oxygen atoms in total. The first kappa shape index (κ1) is 19.7. The molecule has 2 atom stereocenters. The fraction of sp³-hybridized carbons (Fsp3) is 0.217. The molecule has 2 aromatic carbocycles. The van der Waals surface area contributed by atoms with Crippen molar-refractivity contribution in [2.45, 2.75) is 32.4 Å². The molecule has 29 heavy (non-hydrogen) atoms. The van der Waals surface area contributed by atoms with Gasteiger partial charge in [-0.3, -0.25) is 9.59 Å². The molecule has 2 amide bonds. The summed E-state index contributed by atoms with van der Waals surface area (Å²) in [4.78, 5) is 30.2. The number of amides is 2.